The molecule has 20 heavy (non-hydrogen) atoms. The van der Waals surface area contributed by atoms with Gasteiger partial charge in [-0.05, 0) is 30.0 Å². The van der Waals surface area contributed by atoms with E-state index in [1.54, 1.807) is 18.2 Å². The fraction of sp³-hybridized carbons (Fsp3) is 0.312. The molecule has 0 aliphatic rings. The average Bonchev–Trinajstić information content (AvgIpc) is 2.45. The molecule has 0 unspecified atom stereocenters. The normalized spacial score (nSPS) is 10.6. The summed E-state index contributed by atoms with van der Waals surface area (Å²) < 4.78 is 10.6. The molecule has 106 valence electrons. The number of unbranched alkanes of at least 4 members (excludes halogenated alkanes) is 1. The number of benzene rings is 2. The van der Waals surface area contributed by atoms with Crippen LogP contribution in [0.2, 0.25) is 5.02 Å². The lowest BCUT2D eigenvalue weighted by atomic mass is 10.0. The van der Waals surface area contributed by atoms with E-state index in [0.717, 1.165) is 23.6 Å². The Morgan fingerprint density at radius 2 is 2.00 bits per heavy atom. The first-order valence-corrected chi connectivity index (χ1v) is 6.98. The number of fused-ring (bicyclic) bond motifs is 1. The average molecular weight is 293 g/mol. The molecule has 0 N–H and O–H groups in total. The molecule has 3 nitrogen and oxygen atoms in total. The summed E-state index contributed by atoms with van der Waals surface area (Å²) in [7, 11) is 1.54. The van der Waals surface area contributed by atoms with Crippen molar-refractivity contribution < 1.29 is 14.3 Å². The zero-order valence-corrected chi connectivity index (χ0v) is 12.4. The number of carbonyl (C=O) groups is 1. The Hall–Kier alpha value is -1.74. The van der Waals surface area contributed by atoms with E-state index >= 15 is 0 Å². The van der Waals surface area contributed by atoms with Gasteiger partial charge in [0.25, 0.3) is 0 Å². The molecule has 0 heterocycles. The minimum Gasteiger partial charge on any atom is -0.496 e. The van der Waals surface area contributed by atoms with Crippen molar-refractivity contribution in [3.63, 3.8) is 0 Å². The molecular formula is C16H17ClO3. The van der Waals surface area contributed by atoms with Crippen LogP contribution in [0.1, 0.15) is 30.1 Å². The van der Waals surface area contributed by atoms with Crippen LogP contribution in [0, 0.1) is 0 Å². The highest BCUT2D eigenvalue weighted by Gasteiger charge is 2.18. The summed E-state index contributed by atoms with van der Waals surface area (Å²) in [6, 6.07) is 9.10. The number of carbonyl (C=O) groups excluding carboxylic acids is 1. The number of hydrogen-bond acceptors (Lipinski definition) is 3. The Balaban J connectivity index is 2.47. The maximum absolute atomic E-state index is 12.3. The fourth-order valence-corrected chi connectivity index (χ4v) is 2.21. The maximum Gasteiger partial charge on any atom is 0.342 e. The van der Waals surface area contributed by atoms with Gasteiger partial charge in [-0.3, -0.25) is 0 Å². The third kappa shape index (κ3) is 3.05. The molecule has 0 saturated carbocycles. The van der Waals surface area contributed by atoms with Crippen LogP contribution in [0.25, 0.3) is 10.8 Å². The first kappa shape index (κ1) is 14.7. The van der Waals surface area contributed by atoms with Crippen molar-refractivity contribution in [3.8, 4) is 5.75 Å². The van der Waals surface area contributed by atoms with Gasteiger partial charge < -0.3 is 9.47 Å². The minimum atomic E-state index is -0.372. The standard InChI is InChI=1S/C16H17ClO3/c1-3-4-9-20-16(18)15-13-10-12(17)7-5-11(13)6-8-14(15)19-2/h5-8,10H,3-4,9H2,1-2H3. The van der Waals surface area contributed by atoms with Crippen molar-refractivity contribution >= 4 is 28.3 Å². The lowest BCUT2D eigenvalue weighted by Crippen LogP contribution is -2.09. The summed E-state index contributed by atoms with van der Waals surface area (Å²) in [6.07, 6.45) is 1.82. The van der Waals surface area contributed by atoms with Crippen molar-refractivity contribution in [1.29, 1.82) is 0 Å². The third-order valence-electron chi connectivity index (χ3n) is 3.10. The van der Waals surface area contributed by atoms with Crippen molar-refractivity contribution in [2.24, 2.45) is 0 Å². The molecule has 0 aliphatic carbocycles. The van der Waals surface area contributed by atoms with E-state index < -0.39 is 0 Å². The summed E-state index contributed by atoms with van der Waals surface area (Å²) in [5.41, 5.74) is 0.434. The van der Waals surface area contributed by atoms with Crippen LogP contribution in [0.4, 0.5) is 0 Å². The van der Waals surface area contributed by atoms with Crippen LogP contribution in [-0.4, -0.2) is 19.7 Å². The Labute approximate surface area is 123 Å². The van der Waals surface area contributed by atoms with E-state index in [-0.39, 0.29) is 5.97 Å². The van der Waals surface area contributed by atoms with Crippen LogP contribution < -0.4 is 4.74 Å². The van der Waals surface area contributed by atoms with E-state index in [0.29, 0.717) is 22.9 Å². The summed E-state index contributed by atoms with van der Waals surface area (Å²) >= 11 is 6.02. The van der Waals surface area contributed by atoms with Gasteiger partial charge in [0.15, 0.2) is 0 Å². The highest BCUT2D eigenvalue weighted by molar-refractivity contribution is 6.31. The van der Waals surface area contributed by atoms with Gasteiger partial charge in [0, 0.05) is 10.4 Å². The van der Waals surface area contributed by atoms with E-state index in [9.17, 15) is 4.79 Å². The van der Waals surface area contributed by atoms with Gasteiger partial charge >= 0.3 is 5.97 Å². The monoisotopic (exact) mass is 292 g/mol. The number of esters is 1. The molecule has 0 amide bonds. The number of ether oxygens (including phenoxy) is 2. The van der Waals surface area contributed by atoms with E-state index in [2.05, 4.69) is 0 Å². The molecular weight excluding hydrogens is 276 g/mol. The Morgan fingerprint density at radius 1 is 1.25 bits per heavy atom. The summed E-state index contributed by atoms with van der Waals surface area (Å²) in [4.78, 5) is 12.3. The fourth-order valence-electron chi connectivity index (χ4n) is 2.03. The van der Waals surface area contributed by atoms with E-state index in [1.165, 1.54) is 7.11 Å². The lowest BCUT2D eigenvalue weighted by Gasteiger charge is -2.12. The SMILES string of the molecule is CCCCOC(=O)c1c(OC)ccc2ccc(Cl)cc12. The lowest BCUT2D eigenvalue weighted by molar-refractivity contribution is 0.0498. The quantitative estimate of drug-likeness (QED) is 0.603. The zero-order chi connectivity index (χ0) is 14.5. The van der Waals surface area contributed by atoms with Crippen molar-refractivity contribution in [1.82, 2.24) is 0 Å². The minimum absolute atomic E-state index is 0.372. The summed E-state index contributed by atoms with van der Waals surface area (Å²) in [5.74, 6) is 0.129. The van der Waals surface area contributed by atoms with Gasteiger partial charge in [0.2, 0.25) is 0 Å². The van der Waals surface area contributed by atoms with E-state index in [4.69, 9.17) is 21.1 Å². The smallest absolute Gasteiger partial charge is 0.342 e. The first-order chi connectivity index (χ1) is 9.67. The second-order valence-electron chi connectivity index (χ2n) is 4.50. The van der Waals surface area contributed by atoms with Crippen molar-refractivity contribution in [2.45, 2.75) is 19.8 Å². The van der Waals surface area contributed by atoms with Crippen LogP contribution in [0.3, 0.4) is 0 Å². The largest absolute Gasteiger partial charge is 0.496 e. The number of rotatable bonds is 5. The molecule has 0 aromatic heterocycles. The first-order valence-electron chi connectivity index (χ1n) is 6.60. The number of halogens is 1. The highest BCUT2D eigenvalue weighted by Crippen LogP contribution is 2.30. The molecule has 0 fully saturated rings. The Morgan fingerprint density at radius 3 is 2.70 bits per heavy atom. The molecule has 0 radical (unpaired) electrons. The van der Waals surface area contributed by atoms with E-state index in [1.807, 2.05) is 19.1 Å². The predicted octanol–water partition coefficient (Wildman–Crippen LogP) is 4.46. The second kappa shape index (κ2) is 6.62. The second-order valence-corrected chi connectivity index (χ2v) is 4.93. The molecule has 0 aliphatic heterocycles. The predicted molar refractivity (Wildman–Crippen MR) is 80.7 cm³/mol. The number of methoxy groups -OCH3 is 1. The van der Waals surface area contributed by atoms with Crippen LogP contribution in [0.15, 0.2) is 30.3 Å². The topological polar surface area (TPSA) is 35.5 Å². The van der Waals surface area contributed by atoms with Crippen LogP contribution in [0.5, 0.6) is 5.75 Å². The molecule has 0 bridgehead atoms. The Bertz CT molecular complexity index is 622. The highest BCUT2D eigenvalue weighted by atomic mass is 35.5. The molecule has 4 heteroatoms. The Kier molecular flexibility index (Phi) is 4.85. The molecule has 2 aromatic rings. The number of hydrogen-bond donors (Lipinski definition) is 0. The van der Waals surface area contributed by atoms with Gasteiger partial charge in [0.1, 0.15) is 11.3 Å². The van der Waals surface area contributed by atoms with Gasteiger partial charge in [-0.2, -0.15) is 0 Å². The van der Waals surface area contributed by atoms with Crippen molar-refractivity contribution in [3.05, 3.63) is 40.9 Å². The maximum atomic E-state index is 12.3. The zero-order valence-electron chi connectivity index (χ0n) is 11.6. The van der Waals surface area contributed by atoms with Gasteiger partial charge in [-0.1, -0.05) is 37.1 Å². The van der Waals surface area contributed by atoms with Gasteiger partial charge in [0.05, 0.1) is 13.7 Å². The summed E-state index contributed by atoms with van der Waals surface area (Å²) in [6.45, 7) is 2.46. The van der Waals surface area contributed by atoms with Crippen LogP contribution >= 0.6 is 11.6 Å². The molecule has 0 atom stereocenters. The molecule has 0 saturated heterocycles. The molecule has 0 spiro atoms. The van der Waals surface area contributed by atoms with Crippen LogP contribution in [-0.2, 0) is 4.74 Å². The molecule has 2 aromatic carbocycles. The van der Waals surface area contributed by atoms with Gasteiger partial charge in [-0.25, -0.2) is 4.79 Å². The third-order valence-corrected chi connectivity index (χ3v) is 3.34. The van der Waals surface area contributed by atoms with Gasteiger partial charge in [-0.15, -0.1) is 0 Å². The van der Waals surface area contributed by atoms with Crippen molar-refractivity contribution in [2.75, 3.05) is 13.7 Å². The molecule has 2 rings (SSSR count). The summed E-state index contributed by atoms with van der Waals surface area (Å²) in [5, 5.41) is 2.25.